The number of alkyl halides is 3. The Kier molecular flexibility index (Phi) is 9.13. The molecule has 2 aliphatic rings. The van der Waals surface area contributed by atoms with Crippen LogP contribution in [0.1, 0.15) is 24.1 Å². The van der Waals surface area contributed by atoms with E-state index in [2.05, 4.69) is 17.5 Å². The van der Waals surface area contributed by atoms with Crippen LogP contribution in [0.4, 0.5) is 23.2 Å². The second-order valence-corrected chi connectivity index (χ2v) is 13.3. The standard InChI is InChI=1S/C30H33F4N3O4S2/c1-29(38,30(32,33)34)22-8-12-24(13-9-22)37-15-14-36(43(39,40)28-5-3-2-4-27(28)42)19-25(37)18-35-16-17-41-20-26(35)21-6-10-23(31)11-7-21/h2-13,25-26,38,42H,14-20H2,1H3/t25-,26+,29-/m0/s1. The third-order valence-electron chi connectivity index (χ3n) is 8.18. The van der Waals surface area contributed by atoms with Crippen molar-refractivity contribution in [3.63, 3.8) is 0 Å². The van der Waals surface area contributed by atoms with Gasteiger partial charge in [-0.25, -0.2) is 12.8 Å². The van der Waals surface area contributed by atoms with E-state index in [-0.39, 0.29) is 42.0 Å². The maximum absolute atomic E-state index is 13.7. The van der Waals surface area contributed by atoms with Gasteiger partial charge in [-0.3, -0.25) is 4.90 Å². The molecule has 3 atom stereocenters. The Hall–Kier alpha value is -2.68. The lowest BCUT2D eigenvalue weighted by Crippen LogP contribution is -2.59. The van der Waals surface area contributed by atoms with Gasteiger partial charge in [0.15, 0.2) is 5.60 Å². The zero-order chi connectivity index (χ0) is 31.0. The van der Waals surface area contributed by atoms with Crippen LogP contribution in [0, 0.1) is 5.82 Å². The van der Waals surface area contributed by atoms with E-state index in [4.69, 9.17) is 4.74 Å². The van der Waals surface area contributed by atoms with Crippen LogP contribution in [0.2, 0.25) is 0 Å². The van der Waals surface area contributed by atoms with Gasteiger partial charge in [0.05, 0.1) is 30.2 Å². The summed E-state index contributed by atoms with van der Waals surface area (Å²) in [5.41, 5.74) is -1.86. The SMILES string of the molecule is C[C@](O)(c1ccc(N2CCN(S(=O)(=O)c3ccccc3S)C[C@@H]2CN2CCOC[C@@H]2c2ccc(F)cc2)cc1)C(F)(F)F. The third-order valence-corrected chi connectivity index (χ3v) is 10.6. The molecule has 43 heavy (non-hydrogen) atoms. The second-order valence-electron chi connectivity index (χ2n) is 10.9. The normalized spacial score (nSPS) is 22.3. The molecule has 0 aromatic heterocycles. The first-order valence-corrected chi connectivity index (χ1v) is 15.7. The van der Waals surface area contributed by atoms with Gasteiger partial charge in [0.25, 0.3) is 0 Å². The van der Waals surface area contributed by atoms with E-state index in [0.717, 1.165) is 5.56 Å². The number of hydrogen-bond donors (Lipinski definition) is 2. The minimum Gasteiger partial charge on any atom is -0.378 e. The van der Waals surface area contributed by atoms with Crippen LogP contribution >= 0.6 is 12.6 Å². The Morgan fingerprint density at radius 2 is 1.65 bits per heavy atom. The molecule has 232 valence electrons. The molecular weight excluding hydrogens is 606 g/mol. The fourth-order valence-electron chi connectivity index (χ4n) is 5.62. The fourth-order valence-corrected chi connectivity index (χ4v) is 7.67. The molecule has 7 nitrogen and oxygen atoms in total. The summed E-state index contributed by atoms with van der Waals surface area (Å²) >= 11 is 4.36. The van der Waals surface area contributed by atoms with Gasteiger partial charge in [-0.2, -0.15) is 17.5 Å². The van der Waals surface area contributed by atoms with Crippen molar-refractivity contribution in [2.45, 2.75) is 40.6 Å². The number of anilines is 1. The van der Waals surface area contributed by atoms with E-state index in [1.165, 1.54) is 46.8 Å². The summed E-state index contributed by atoms with van der Waals surface area (Å²) in [6.07, 6.45) is -4.86. The highest BCUT2D eigenvalue weighted by molar-refractivity contribution is 7.90. The molecule has 1 N–H and O–H groups in total. The molecule has 3 aromatic carbocycles. The number of nitrogens with zero attached hydrogens (tertiary/aromatic N) is 3. The van der Waals surface area contributed by atoms with Crippen LogP contribution < -0.4 is 4.90 Å². The number of ether oxygens (including phenoxy) is 1. The van der Waals surface area contributed by atoms with E-state index in [1.54, 1.807) is 30.3 Å². The van der Waals surface area contributed by atoms with Crippen molar-refractivity contribution in [1.82, 2.24) is 9.21 Å². The minimum atomic E-state index is -4.86. The monoisotopic (exact) mass is 639 g/mol. The van der Waals surface area contributed by atoms with Crippen LogP contribution in [-0.2, 0) is 20.4 Å². The number of aliphatic hydroxyl groups is 1. The van der Waals surface area contributed by atoms with Crippen molar-refractivity contribution < 1.29 is 35.8 Å². The van der Waals surface area contributed by atoms with Crippen molar-refractivity contribution >= 4 is 28.3 Å². The number of piperazine rings is 1. The number of sulfonamides is 1. The van der Waals surface area contributed by atoms with E-state index >= 15 is 0 Å². The van der Waals surface area contributed by atoms with Crippen molar-refractivity contribution in [3.05, 3.63) is 89.7 Å². The molecule has 5 rings (SSSR count). The minimum absolute atomic E-state index is 0.0971. The molecule has 2 aliphatic heterocycles. The molecule has 0 unspecified atom stereocenters. The van der Waals surface area contributed by atoms with Crippen LogP contribution in [0.5, 0.6) is 0 Å². The van der Waals surface area contributed by atoms with Crippen LogP contribution in [0.3, 0.4) is 0 Å². The summed E-state index contributed by atoms with van der Waals surface area (Å²) in [6.45, 7) is 3.03. The topological polar surface area (TPSA) is 73.3 Å². The molecule has 0 spiro atoms. The first-order chi connectivity index (χ1) is 20.3. The average Bonchev–Trinajstić information content (AvgIpc) is 2.97. The van der Waals surface area contributed by atoms with Gasteiger partial charge < -0.3 is 14.7 Å². The Morgan fingerprint density at radius 3 is 2.30 bits per heavy atom. The zero-order valence-corrected chi connectivity index (χ0v) is 25.1. The summed E-state index contributed by atoms with van der Waals surface area (Å²) in [5, 5.41) is 10.1. The molecule has 0 aliphatic carbocycles. The summed E-state index contributed by atoms with van der Waals surface area (Å²) in [7, 11) is -3.90. The maximum Gasteiger partial charge on any atom is 0.421 e. The molecule has 2 fully saturated rings. The quantitative estimate of drug-likeness (QED) is 0.285. The highest BCUT2D eigenvalue weighted by Gasteiger charge is 2.51. The Morgan fingerprint density at radius 1 is 0.977 bits per heavy atom. The fraction of sp³-hybridized carbons (Fsp3) is 0.400. The molecule has 3 aromatic rings. The largest absolute Gasteiger partial charge is 0.421 e. The Labute approximate surface area is 254 Å². The lowest BCUT2D eigenvalue weighted by Gasteiger charge is -2.46. The molecule has 0 bridgehead atoms. The van der Waals surface area contributed by atoms with Crippen LogP contribution in [0.15, 0.2) is 82.6 Å². The van der Waals surface area contributed by atoms with Gasteiger partial charge >= 0.3 is 6.18 Å². The molecular formula is C30H33F4N3O4S2. The van der Waals surface area contributed by atoms with Crippen LogP contribution in [0.25, 0.3) is 0 Å². The lowest BCUT2D eigenvalue weighted by atomic mass is 9.95. The molecule has 0 radical (unpaired) electrons. The number of hydrogen-bond acceptors (Lipinski definition) is 7. The summed E-state index contributed by atoms with van der Waals surface area (Å²) in [4.78, 5) is 4.58. The number of halogens is 4. The predicted octanol–water partition coefficient (Wildman–Crippen LogP) is 4.84. The van der Waals surface area contributed by atoms with Gasteiger partial charge in [-0.15, -0.1) is 12.6 Å². The zero-order valence-electron chi connectivity index (χ0n) is 23.4. The molecule has 0 saturated carbocycles. The van der Waals surface area contributed by atoms with Crippen molar-refractivity contribution in [2.75, 3.05) is 50.8 Å². The summed E-state index contributed by atoms with van der Waals surface area (Å²) in [5.74, 6) is -0.358. The number of thiol groups is 1. The lowest BCUT2D eigenvalue weighted by molar-refractivity contribution is -0.258. The third kappa shape index (κ3) is 6.57. The van der Waals surface area contributed by atoms with Crippen molar-refractivity contribution in [2.24, 2.45) is 0 Å². The van der Waals surface area contributed by atoms with Gasteiger partial charge in [-0.1, -0.05) is 36.4 Å². The van der Waals surface area contributed by atoms with Gasteiger partial charge in [0.1, 0.15) is 5.82 Å². The van der Waals surface area contributed by atoms with E-state index in [0.29, 0.717) is 43.8 Å². The molecule has 2 heterocycles. The average molecular weight is 640 g/mol. The molecule has 0 amide bonds. The van der Waals surface area contributed by atoms with Gasteiger partial charge in [0.2, 0.25) is 10.0 Å². The Balaban J connectivity index is 1.46. The highest BCUT2D eigenvalue weighted by atomic mass is 32.2. The first kappa shape index (κ1) is 31.7. The van der Waals surface area contributed by atoms with Crippen molar-refractivity contribution in [1.29, 1.82) is 0 Å². The summed E-state index contributed by atoms with van der Waals surface area (Å²) in [6, 6.07) is 17.6. The summed E-state index contributed by atoms with van der Waals surface area (Å²) < 4.78 is 88.6. The Bertz CT molecular complexity index is 1520. The highest BCUT2D eigenvalue weighted by Crippen LogP contribution is 2.39. The predicted molar refractivity (Wildman–Crippen MR) is 157 cm³/mol. The van der Waals surface area contributed by atoms with Crippen LogP contribution in [-0.4, -0.2) is 80.9 Å². The molecule has 13 heteroatoms. The van der Waals surface area contributed by atoms with Crippen molar-refractivity contribution in [3.8, 4) is 0 Å². The van der Waals surface area contributed by atoms with E-state index in [9.17, 15) is 31.1 Å². The van der Waals surface area contributed by atoms with E-state index in [1.807, 2.05) is 4.90 Å². The second kappa shape index (κ2) is 12.4. The number of rotatable bonds is 7. The smallest absolute Gasteiger partial charge is 0.378 e. The molecule has 2 saturated heterocycles. The van der Waals surface area contributed by atoms with E-state index < -0.39 is 27.8 Å². The first-order valence-electron chi connectivity index (χ1n) is 13.8. The van der Waals surface area contributed by atoms with Gasteiger partial charge in [0, 0.05) is 43.3 Å². The number of morpholine rings is 1. The van der Waals surface area contributed by atoms with Gasteiger partial charge in [-0.05, 0) is 54.4 Å². The maximum atomic E-state index is 13.7. The number of benzene rings is 3.